The van der Waals surface area contributed by atoms with Gasteiger partial charge in [-0.25, -0.2) is 0 Å². The summed E-state index contributed by atoms with van der Waals surface area (Å²) >= 11 is 0. The number of benzene rings is 9. The van der Waals surface area contributed by atoms with Gasteiger partial charge in [0.1, 0.15) is 0 Å². The predicted molar refractivity (Wildman–Crippen MR) is 261 cm³/mol. The standard InChI is InChI=1S/C60H40N2/c1-5-17-41(18-6-1)47-33-48(42-19-7-2-8-20-42)36-51(35-47)59-53-25-13-14-26-54(53)60(52-37-49(43-21-9-3-10-22-43)34-50(38-52)44-23-11-4-12-24-44)56-39-45(28-30-55(56)59)58-31-29-46(40-62-58)57-27-15-16-32-61-57/h1-40H. The summed E-state index contributed by atoms with van der Waals surface area (Å²) < 4.78 is 0. The minimum absolute atomic E-state index is 0.906. The molecule has 0 radical (unpaired) electrons. The zero-order valence-electron chi connectivity index (χ0n) is 34.0. The lowest BCUT2D eigenvalue weighted by Crippen LogP contribution is -1.94. The second kappa shape index (κ2) is 16.1. The van der Waals surface area contributed by atoms with Crippen LogP contribution in [0.3, 0.4) is 0 Å². The Morgan fingerprint density at radius 1 is 0.210 bits per heavy atom. The Balaban J connectivity index is 1.22. The van der Waals surface area contributed by atoms with E-state index in [1.807, 2.05) is 30.6 Å². The molecule has 0 N–H and O–H groups in total. The molecule has 0 saturated carbocycles. The first-order chi connectivity index (χ1) is 30.7. The summed E-state index contributed by atoms with van der Waals surface area (Å²) in [6, 6.07) is 83.2. The Morgan fingerprint density at radius 3 is 1.03 bits per heavy atom. The van der Waals surface area contributed by atoms with Crippen molar-refractivity contribution in [3.05, 3.63) is 243 Å². The summed E-state index contributed by atoms with van der Waals surface area (Å²) in [6.45, 7) is 0. The number of hydrogen-bond donors (Lipinski definition) is 0. The van der Waals surface area contributed by atoms with Crippen molar-refractivity contribution in [2.75, 3.05) is 0 Å². The molecule has 0 spiro atoms. The highest BCUT2D eigenvalue weighted by Gasteiger charge is 2.20. The third-order valence-electron chi connectivity index (χ3n) is 11.9. The number of hydrogen-bond acceptors (Lipinski definition) is 2. The molecule has 0 aliphatic carbocycles. The molecule has 2 nitrogen and oxygen atoms in total. The first-order valence-corrected chi connectivity index (χ1v) is 21.1. The van der Waals surface area contributed by atoms with Gasteiger partial charge in [0.05, 0.1) is 11.4 Å². The van der Waals surface area contributed by atoms with Crippen molar-refractivity contribution in [3.8, 4) is 89.3 Å². The van der Waals surface area contributed by atoms with Gasteiger partial charge in [-0.15, -0.1) is 0 Å². The van der Waals surface area contributed by atoms with E-state index in [1.165, 1.54) is 82.7 Å². The molecule has 9 aromatic carbocycles. The fourth-order valence-electron chi connectivity index (χ4n) is 8.94. The maximum absolute atomic E-state index is 5.04. The van der Waals surface area contributed by atoms with Crippen LogP contribution >= 0.6 is 0 Å². The summed E-state index contributed by atoms with van der Waals surface area (Å²) in [5.74, 6) is 0. The van der Waals surface area contributed by atoms with Crippen LogP contribution in [0.5, 0.6) is 0 Å². The molecule has 0 aliphatic rings. The number of fused-ring (bicyclic) bond motifs is 2. The minimum atomic E-state index is 0.906. The van der Waals surface area contributed by atoms with Gasteiger partial charge in [0.15, 0.2) is 0 Å². The van der Waals surface area contributed by atoms with Crippen LogP contribution in [-0.4, -0.2) is 9.97 Å². The van der Waals surface area contributed by atoms with E-state index >= 15 is 0 Å². The lowest BCUT2D eigenvalue weighted by atomic mass is 9.82. The van der Waals surface area contributed by atoms with Gasteiger partial charge in [0.25, 0.3) is 0 Å². The molecular weight excluding hydrogens is 749 g/mol. The quantitative estimate of drug-likeness (QED) is 0.143. The van der Waals surface area contributed by atoms with Crippen molar-refractivity contribution >= 4 is 21.5 Å². The van der Waals surface area contributed by atoms with Gasteiger partial charge < -0.3 is 0 Å². The molecule has 0 bridgehead atoms. The zero-order chi connectivity index (χ0) is 41.2. The lowest BCUT2D eigenvalue weighted by Gasteiger charge is -2.21. The van der Waals surface area contributed by atoms with E-state index in [1.54, 1.807) is 0 Å². The van der Waals surface area contributed by atoms with E-state index in [2.05, 4.69) is 217 Å². The summed E-state index contributed by atoms with van der Waals surface area (Å²) in [7, 11) is 0. The second-order valence-corrected chi connectivity index (χ2v) is 15.8. The predicted octanol–water partition coefficient (Wildman–Crippen LogP) is 16.1. The summed E-state index contributed by atoms with van der Waals surface area (Å²) in [4.78, 5) is 9.61. The zero-order valence-corrected chi connectivity index (χ0v) is 34.0. The Hall–Kier alpha value is -8.20. The van der Waals surface area contributed by atoms with Crippen molar-refractivity contribution in [1.82, 2.24) is 9.97 Å². The molecule has 2 heteroatoms. The lowest BCUT2D eigenvalue weighted by molar-refractivity contribution is 1.28. The largest absolute Gasteiger partial charge is 0.256 e. The van der Waals surface area contributed by atoms with E-state index in [9.17, 15) is 0 Å². The molecule has 0 fully saturated rings. The molecule has 11 aromatic rings. The van der Waals surface area contributed by atoms with Crippen molar-refractivity contribution in [2.45, 2.75) is 0 Å². The van der Waals surface area contributed by atoms with E-state index < -0.39 is 0 Å². The van der Waals surface area contributed by atoms with Crippen molar-refractivity contribution < 1.29 is 0 Å². The number of aromatic nitrogens is 2. The van der Waals surface area contributed by atoms with E-state index in [0.717, 1.165) is 28.1 Å². The highest BCUT2D eigenvalue weighted by molar-refractivity contribution is 6.22. The first kappa shape index (κ1) is 36.8. The van der Waals surface area contributed by atoms with Gasteiger partial charge in [-0.2, -0.15) is 0 Å². The average Bonchev–Trinajstić information content (AvgIpc) is 3.36. The smallest absolute Gasteiger partial charge is 0.0717 e. The summed E-state index contributed by atoms with van der Waals surface area (Å²) in [5, 5.41) is 4.75. The van der Waals surface area contributed by atoms with Crippen LogP contribution in [0.25, 0.3) is 111 Å². The summed E-state index contributed by atoms with van der Waals surface area (Å²) in [6.07, 6.45) is 3.76. The molecule has 62 heavy (non-hydrogen) atoms. The number of rotatable bonds is 8. The van der Waals surface area contributed by atoms with Gasteiger partial charge in [0.2, 0.25) is 0 Å². The molecule has 11 rings (SSSR count). The van der Waals surface area contributed by atoms with Crippen LogP contribution in [0.1, 0.15) is 0 Å². The molecule has 2 heterocycles. The number of pyridine rings is 2. The fraction of sp³-hybridized carbons (Fsp3) is 0. The Kier molecular flexibility index (Phi) is 9.57. The van der Waals surface area contributed by atoms with Crippen molar-refractivity contribution in [1.29, 1.82) is 0 Å². The Labute approximate surface area is 362 Å². The second-order valence-electron chi connectivity index (χ2n) is 15.8. The first-order valence-electron chi connectivity index (χ1n) is 21.1. The van der Waals surface area contributed by atoms with Gasteiger partial charge >= 0.3 is 0 Å². The maximum atomic E-state index is 5.04. The minimum Gasteiger partial charge on any atom is -0.256 e. The normalized spacial score (nSPS) is 11.2. The van der Waals surface area contributed by atoms with Crippen LogP contribution in [0.15, 0.2) is 243 Å². The topological polar surface area (TPSA) is 25.8 Å². The van der Waals surface area contributed by atoms with Crippen LogP contribution in [-0.2, 0) is 0 Å². The third kappa shape index (κ3) is 7.04. The maximum Gasteiger partial charge on any atom is 0.0717 e. The van der Waals surface area contributed by atoms with E-state index in [0.29, 0.717) is 0 Å². The highest BCUT2D eigenvalue weighted by atomic mass is 14.7. The van der Waals surface area contributed by atoms with Gasteiger partial charge in [0, 0.05) is 23.5 Å². The van der Waals surface area contributed by atoms with Gasteiger partial charge in [-0.05, 0) is 155 Å². The average molecular weight is 789 g/mol. The summed E-state index contributed by atoms with van der Waals surface area (Å²) in [5.41, 5.74) is 18.0. The molecule has 2 aromatic heterocycles. The molecular formula is C60H40N2. The Bertz CT molecular complexity index is 3230. The van der Waals surface area contributed by atoms with Crippen LogP contribution in [0.4, 0.5) is 0 Å². The highest BCUT2D eigenvalue weighted by Crippen LogP contribution is 2.47. The molecule has 0 aliphatic heterocycles. The van der Waals surface area contributed by atoms with Crippen molar-refractivity contribution in [2.24, 2.45) is 0 Å². The number of nitrogens with zero attached hydrogens (tertiary/aromatic N) is 2. The fourth-order valence-corrected chi connectivity index (χ4v) is 8.94. The third-order valence-corrected chi connectivity index (χ3v) is 11.9. The van der Waals surface area contributed by atoms with Crippen LogP contribution in [0.2, 0.25) is 0 Å². The Morgan fingerprint density at radius 2 is 0.597 bits per heavy atom. The van der Waals surface area contributed by atoms with Crippen molar-refractivity contribution in [3.63, 3.8) is 0 Å². The molecule has 0 amide bonds. The SMILES string of the molecule is c1ccc(-c2cc(-c3ccccc3)cc(-c3c4ccccc4c(-c4cc(-c5ccccc5)cc(-c5ccccc5)c4)c4cc(-c5ccc(-c6ccccn6)cn5)ccc34)c2)cc1. The molecule has 290 valence electrons. The van der Waals surface area contributed by atoms with E-state index in [-0.39, 0.29) is 0 Å². The van der Waals surface area contributed by atoms with Gasteiger partial charge in [-0.1, -0.05) is 164 Å². The van der Waals surface area contributed by atoms with Gasteiger partial charge in [-0.3, -0.25) is 9.97 Å². The molecule has 0 unspecified atom stereocenters. The van der Waals surface area contributed by atoms with E-state index in [4.69, 9.17) is 4.98 Å². The molecule has 0 atom stereocenters. The molecule has 0 saturated heterocycles. The van der Waals surface area contributed by atoms with Crippen LogP contribution < -0.4 is 0 Å². The van der Waals surface area contributed by atoms with Crippen LogP contribution in [0, 0.1) is 0 Å². The monoisotopic (exact) mass is 788 g/mol.